The third kappa shape index (κ3) is 3.61. The van der Waals surface area contributed by atoms with E-state index < -0.39 is 0 Å². The number of hydrogen-bond donors (Lipinski definition) is 1. The predicted molar refractivity (Wildman–Crippen MR) is 84.0 cm³/mol. The quantitative estimate of drug-likeness (QED) is 0.935. The van der Waals surface area contributed by atoms with Crippen molar-refractivity contribution in [1.82, 2.24) is 15.4 Å². The molecule has 24 heavy (non-hydrogen) atoms. The lowest BCUT2D eigenvalue weighted by Gasteiger charge is -2.32. The summed E-state index contributed by atoms with van der Waals surface area (Å²) in [5.74, 6) is -0.169. The molecule has 0 bridgehead atoms. The van der Waals surface area contributed by atoms with Crippen LogP contribution in [0.4, 0.5) is 4.39 Å². The molecule has 0 unspecified atom stereocenters. The summed E-state index contributed by atoms with van der Waals surface area (Å²) in [5, 5.41) is 6.60. The van der Waals surface area contributed by atoms with Crippen LogP contribution in [0.15, 0.2) is 34.9 Å². The van der Waals surface area contributed by atoms with E-state index in [4.69, 9.17) is 4.52 Å². The number of halogens is 1. The van der Waals surface area contributed by atoms with Crippen molar-refractivity contribution in [2.75, 3.05) is 13.1 Å². The number of likely N-dealkylation sites (tertiary alicyclic amines) is 1. The minimum absolute atomic E-state index is 0.00762. The number of aryl methyl sites for hydroxylation is 1. The third-order valence-electron chi connectivity index (χ3n) is 4.07. The average Bonchev–Trinajstić information content (AvgIpc) is 3.02. The number of amides is 2. The first-order valence-electron chi connectivity index (χ1n) is 7.82. The van der Waals surface area contributed by atoms with Crippen LogP contribution in [-0.2, 0) is 0 Å². The SMILES string of the molecule is Cc1cc(C(=O)NC2CCN(C(=O)c3ccc(F)cc3)CC2)no1. The fraction of sp³-hybridized carbons (Fsp3) is 0.353. The number of nitrogens with one attached hydrogen (secondary N) is 1. The van der Waals surface area contributed by atoms with Crippen molar-refractivity contribution in [3.8, 4) is 0 Å². The molecule has 1 N–H and O–H groups in total. The van der Waals surface area contributed by atoms with Gasteiger partial charge in [0.25, 0.3) is 11.8 Å². The number of piperidine rings is 1. The number of hydrogen-bond acceptors (Lipinski definition) is 4. The summed E-state index contributed by atoms with van der Waals surface area (Å²) in [5.41, 5.74) is 0.731. The summed E-state index contributed by atoms with van der Waals surface area (Å²) in [6, 6.07) is 7.10. The summed E-state index contributed by atoms with van der Waals surface area (Å²) in [7, 11) is 0. The molecule has 1 aromatic heterocycles. The first kappa shape index (κ1) is 16.2. The summed E-state index contributed by atoms with van der Waals surface area (Å²) in [6.07, 6.45) is 1.32. The van der Waals surface area contributed by atoms with Gasteiger partial charge in [0, 0.05) is 30.8 Å². The Labute approximate surface area is 138 Å². The minimum atomic E-state index is -0.365. The van der Waals surface area contributed by atoms with Crippen molar-refractivity contribution in [2.45, 2.75) is 25.8 Å². The van der Waals surface area contributed by atoms with Crippen LogP contribution in [0, 0.1) is 12.7 Å². The molecule has 1 aliphatic heterocycles. The van der Waals surface area contributed by atoms with E-state index in [1.807, 2.05) is 0 Å². The molecular weight excluding hydrogens is 313 g/mol. The molecule has 7 heteroatoms. The second kappa shape index (κ2) is 6.82. The summed E-state index contributed by atoms with van der Waals surface area (Å²) < 4.78 is 17.8. The summed E-state index contributed by atoms with van der Waals surface area (Å²) in [4.78, 5) is 26.1. The largest absolute Gasteiger partial charge is 0.361 e. The molecule has 0 saturated carbocycles. The van der Waals surface area contributed by atoms with Crippen LogP contribution >= 0.6 is 0 Å². The normalized spacial score (nSPS) is 15.3. The van der Waals surface area contributed by atoms with Gasteiger partial charge >= 0.3 is 0 Å². The topological polar surface area (TPSA) is 75.4 Å². The molecule has 0 radical (unpaired) electrons. The Bertz CT molecular complexity index is 734. The molecule has 2 amide bonds. The zero-order valence-corrected chi connectivity index (χ0v) is 13.3. The van der Waals surface area contributed by atoms with Crippen molar-refractivity contribution in [3.63, 3.8) is 0 Å². The molecular formula is C17H18FN3O3. The predicted octanol–water partition coefficient (Wildman–Crippen LogP) is 2.16. The maximum absolute atomic E-state index is 12.9. The Morgan fingerprint density at radius 1 is 1.25 bits per heavy atom. The van der Waals surface area contributed by atoms with Crippen molar-refractivity contribution in [1.29, 1.82) is 0 Å². The molecule has 1 aromatic carbocycles. The fourth-order valence-electron chi connectivity index (χ4n) is 2.73. The van der Waals surface area contributed by atoms with E-state index in [1.165, 1.54) is 24.3 Å². The molecule has 1 aliphatic rings. The van der Waals surface area contributed by atoms with Gasteiger partial charge in [0.15, 0.2) is 5.69 Å². The Morgan fingerprint density at radius 3 is 2.50 bits per heavy atom. The van der Waals surface area contributed by atoms with E-state index in [0.717, 1.165) is 0 Å². The van der Waals surface area contributed by atoms with E-state index in [9.17, 15) is 14.0 Å². The molecule has 0 aliphatic carbocycles. The number of benzene rings is 1. The summed E-state index contributed by atoms with van der Waals surface area (Å²) in [6.45, 7) is 2.81. The van der Waals surface area contributed by atoms with Crippen molar-refractivity contribution >= 4 is 11.8 Å². The number of rotatable bonds is 3. The Kier molecular flexibility index (Phi) is 4.59. The maximum Gasteiger partial charge on any atom is 0.273 e. The van der Waals surface area contributed by atoms with Crippen LogP contribution in [0.2, 0.25) is 0 Å². The van der Waals surface area contributed by atoms with Crippen LogP contribution in [0.1, 0.15) is 39.4 Å². The summed E-state index contributed by atoms with van der Waals surface area (Å²) >= 11 is 0. The van der Waals surface area contributed by atoms with Gasteiger partial charge in [-0.15, -0.1) is 0 Å². The molecule has 0 spiro atoms. The second-order valence-electron chi connectivity index (χ2n) is 5.87. The van der Waals surface area contributed by atoms with Gasteiger partial charge in [0.2, 0.25) is 0 Å². The molecule has 0 atom stereocenters. The van der Waals surface area contributed by atoms with Gasteiger partial charge in [0.1, 0.15) is 11.6 Å². The number of nitrogens with zero attached hydrogens (tertiary/aromatic N) is 2. The Hall–Kier alpha value is -2.70. The monoisotopic (exact) mass is 331 g/mol. The number of carbonyl (C=O) groups is 2. The van der Waals surface area contributed by atoms with Crippen molar-refractivity contribution in [2.24, 2.45) is 0 Å². The lowest BCUT2D eigenvalue weighted by Crippen LogP contribution is -2.46. The molecule has 6 nitrogen and oxygen atoms in total. The van der Waals surface area contributed by atoms with E-state index in [-0.39, 0.29) is 29.4 Å². The molecule has 1 saturated heterocycles. The highest BCUT2D eigenvalue weighted by Gasteiger charge is 2.25. The first-order valence-corrected chi connectivity index (χ1v) is 7.82. The van der Waals surface area contributed by atoms with Gasteiger partial charge in [-0.3, -0.25) is 9.59 Å². The van der Waals surface area contributed by atoms with Crippen LogP contribution in [-0.4, -0.2) is 41.0 Å². The van der Waals surface area contributed by atoms with Gasteiger partial charge in [-0.25, -0.2) is 4.39 Å². The van der Waals surface area contributed by atoms with Crippen LogP contribution in [0.3, 0.4) is 0 Å². The van der Waals surface area contributed by atoms with Gasteiger partial charge in [0.05, 0.1) is 0 Å². The Morgan fingerprint density at radius 2 is 1.92 bits per heavy atom. The average molecular weight is 331 g/mol. The highest BCUT2D eigenvalue weighted by Crippen LogP contribution is 2.15. The van der Waals surface area contributed by atoms with Crippen LogP contribution in [0.25, 0.3) is 0 Å². The smallest absolute Gasteiger partial charge is 0.273 e. The standard InChI is InChI=1S/C17H18FN3O3/c1-11-10-15(20-24-11)16(22)19-14-6-8-21(9-7-14)17(23)12-2-4-13(18)5-3-12/h2-5,10,14H,6-9H2,1H3,(H,19,22). The highest BCUT2D eigenvalue weighted by atomic mass is 19.1. The minimum Gasteiger partial charge on any atom is -0.361 e. The van der Waals surface area contributed by atoms with E-state index in [1.54, 1.807) is 17.9 Å². The van der Waals surface area contributed by atoms with E-state index in [0.29, 0.717) is 37.3 Å². The lowest BCUT2D eigenvalue weighted by molar-refractivity contribution is 0.0697. The van der Waals surface area contributed by atoms with Gasteiger partial charge < -0.3 is 14.7 Å². The highest BCUT2D eigenvalue weighted by molar-refractivity contribution is 5.94. The van der Waals surface area contributed by atoms with E-state index >= 15 is 0 Å². The zero-order valence-electron chi connectivity index (χ0n) is 13.3. The maximum atomic E-state index is 12.9. The van der Waals surface area contributed by atoms with Gasteiger partial charge in [-0.1, -0.05) is 5.16 Å². The number of carbonyl (C=O) groups excluding carboxylic acids is 2. The Balaban J connectivity index is 1.53. The fourth-order valence-corrected chi connectivity index (χ4v) is 2.73. The third-order valence-corrected chi connectivity index (χ3v) is 4.07. The van der Waals surface area contributed by atoms with E-state index in [2.05, 4.69) is 10.5 Å². The zero-order chi connectivity index (χ0) is 17.1. The van der Waals surface area contributed by atoms with Crippen molar-refractivity contribution in [3.05, 3.63) is 53.2 Å². The first-order chi connectivity index (χ1) is 11.5. The molecule has 1 fully saturated rings. The van der Waals surface area contributed by atoms with Crippen LogP contribution < -0.4 is 5.32 Å². The molecule has 2 aromatic rings. The van der Waals surface area contributed by atoms with Gasteiger partial charge in [-0.05, 0) is 44.0 Å². The molecule has 126 valence electrons. The molecule has 3 rings (SSSR count). The van der Waals surface area contributed by atoms with Crippen LogP contribution in [0.5, 0.6) is 0 Å². The van der Waals surface area contributed by atoms with Crippen molar-refractivity contribution < 1.29 is 18.5 Å². The second-order valence-corrected chi connectivity index (χ2v) is 5.87. The number of aromatic nitrogens is 1. The lowest BCUT2D eigenvalue weighted by atomic mass is 10.0. The molecule has 2 heterocycles. The van der Waals surface area contributed by atoms with Gasteiger partial charge in [-0.2, -0.15) is 0 Å².